The van der Waals surface area contributed by atoms with Crippen LogP contribution in [-0.2, 0) is 4.74 Å². The van der Waals surface area contributed by atoms with Crippen molar-refractivity contribution in [2.24, 2.45) is 10.9 Å². The first kappa shape index (κ1) is 19.1. The summed E-state index contributed by atoms with van der Waals surface area (Å²) in [6.45, 7) is 7.64. The number of ether oxygens (including phenoxy) is 1. The van der Waals surface area contributed by atoms with Gasteiger partial charge in [0.25, 0.3) is 0 Å². The van der Waals surface area contributed by atoms with Crippen molar-refractivity contribution < 1.29 is 4.74 Å². The lowest BCUT2D eigenvalue weighted by atomic mass is 10.1. The average Bonchev–Trinajstić information content (AvgIpc) is 2.83. The van der Waals surface area contributed by atoms with E-state index < -0.39 is 0 Å². The van der Waals surface area contributed by atoms with Crippen molar-refractivity contribution in [3.05, 3.63) is 12.7 Å². The largest absolute Gasteiger partial charge is 0.384 e. The van der Waals surface area contributed by atoms with E-state index in [9.17, 15) is 0 Å². The number of thioether (sulfide) groups is 1. The lowest BCUT2D eigenvalue weighted by Crippen LogP contribution is -2.41. The Morgan fingerprint density at radius 3 is 3.05 bits per heavy atom. The molecule has 6 heteroatoms. The Morgan fingerprint density at radius 1 is 1.63 bits per heavy atom. The number of rotatable bonds is 7. The summed E-state index contributed by atoms with van der Waals surface area (Å²) in [5.41, 5.74) is 0. The van der Waals surface area contributed by atoms with Gasteiger partial charge in [-0.25, -0.2) is 0 Å². The first-order valence-corrected chi connectivity index (χ1v) is 7.60. The normalized spacial score (nSPS) is 19.2. The topological polar surface area (TPSA) is 36.9 Å². The molecule has 1 heterocycles. The monoisotopic (exact) mass is 399 g/mol. The highest BCUT2D eigenvalue weighted by Crippen LogP contribution is 2.16. The molecule has 0 bridgehead atoms. The van der Waals surface area contributed by atoms with Crippen molar-refractivity contribution in [3.63, 3.8) is 0 Å². The van der Waals surface area contributed by atoms with E-state index in [1.165, 1.54) is 6.42 Å². The number of likely N-dealkylation sites (tertiary alicyclic amines) is 1. The molecule has 0 aliphatic carbocycles. The lowest BCUT2D eigenvalue weighted by molar-refractivity contribution is 0.157. The van der Waals surface area contributed by atoms with E-state index in [2.05, 4.69) is 21.8 Å². The zero-order chi connectivity index (χ0) is 13.2. The number of methoxy groups -OCH3 is 1. The van der Waals surface area contributed by atoms with Gasteiger partial charge in [-0.05, 0) is 6.42 Å². The molecule has 0 aromatic carbocycles. The minimum Gasteiger partial charge on any atom is -0.384 e. The molecule has 0 aromatic heterocycles. The molecule has 19 heavy (non-hydrogen) atoms. The van der Waals surface area contributed by atoms with Crippen LogP contribution in [0.3, 0.4) is 0 Å². The second-order valence-corrected chi connectivity index (χ2v) is 5.54. The predicted octanol–water partition coefficient (Wildman–Crippen LogP) is 2.07. The summed E-state index contributed by atoms with van der Waals surface area (Å²) in [7, 11) is 3.62. The van der Waals surface area contributed by atoms with Gasteiger partial charge in [-0.3, -0.25) is 4.99 Å². The minimum atomic E-state index is 0. The van der Waals surface area contributed by atoms with E-state index in [4.69, 9.17) is 4.74 Å². The highest BCUT2D eigenvalue weighted by atomic mass is 127. The van der Waals surface area contributed by atoms with Gasteiger partial charge in [0.15, 0.2) is 5.96 Å². The molecular formula is C13H26IN3OS. The highest BCUT2D eigenvalue weighted by Gasteiger charge is 2.24. The van der Waals surface area contributed by atoms with Gasteiger partial charge in [-0.2, -0.15) is 11.8 Å². The van der Waals surface area contributed by atoms with Crippen LogP contribution in [0.1, 0.15) is 6.42 Å². The number of hydrogen-bond donors (Lipinski definition) is 1. The summed E-state index contributed by atoms with van der Waals surface area (Å²) < 4.78 is 5.21. The predicted molar refractivity (Wildman–Crippen MR) is 95.9 cm³/mol. The van der Waals surface area contributed by atoms with Crippen LogP contribution in [0.5, 0.6) is 0 Å². The van der Waals surface area contributed by atoms with E-state index >= 15 is 0 Å². The Morgan fingerprint density at radius 2 is 2.42 bits per heavy atom. The molecule has 1 N–H and O–H groups in total. The number of hydrogen-bond acceptors (Lipinski definition) is 3. The van der Waals surface area contributed by atoms with E-state index in [1.54, 1.807) is 7.11 Å². The van der Waals surface area contributed by atoms with Gasteiger partial charge in [0.05, 0.1) is 6.61 Å². The number of halogens is 1. The molecule has 0 radical (unpaired) electrons. The zero-order valence-electron chi connectivity index (χ0n) is 11.9. The van der Waals surface area contributed by atoms with Crippen LogP contribution >= 0.6 is 35.7 Å². The third-order valence-electron chi connectivity index (χ3n) is 2.96. The molecule has 1 rings (SSSR count). The Kier molecular flexibility index (Phi) is 11.9. The summed E-state index contributed by atoms with van der Waals surface area (Å²) >= 11 is 1.88. The molecule has 1 aliphatic rings. The van der Waals surface area contributed by atoms with E-state index in [1.807, 2.05) is 24.9 Å². The molecule has 1 aliphatic heterocycles. The van der Waals surface area contributed by atoms with E-state index in [-0.39, 0.29) is 24.0 Å². The number of guanidine groups is 1. The molecule has 1 saturated heterocycles. The van der Waals surface area contributed by atoms with Gasteiger partial charge in [-0.15, -0.1) is 30.6 Å². The van der Waals surface area contributed by atoms with Crippen LogP contribution < -0.4 is 5.32 Å². The van der Waals surface area contributed by atoms with Crippen LogP contribution in [0.2, 0.25) is 0 Å². The van der Waals surface area contributed by atoms with E-state index in [0.717, 1.165) is 43.7 Å². The van der Waals surface area contributed by atoms with Gasteiger partial charge in [0, 0.05) is 51.2 Å². The molecule has 0 saturated carbocycles. The number of aliphatic imine (C=N–C) groups is 1. The van der Waals surface area contributed by atoms with Crippen molar-refractivity contribution in [1.29, 1.82) is 0 Å². The molecule has 4 nitrogen and oxygen atoms in total. The fourth-order valence-electron chi connectivity index (χ4n) is 2.13. The van der Waals surface area contributed by atoms with Gasteiger partial charge < -0.3 is 15.0 Å². The van der Waals surface area contributed by atoms with Gasteiger partial charge in [-0.1, -0.05) is 6.08 Å². The Balaban J connectivity index is 0.00000324. The third-order valence-corrected chi connectivity index (χ3v) is 3.93. The molecule has 0 spiro atoms. The molecule has 0 amide bonds. The second kappa shape index (κ2) is 11.8. The Labute approximate surface area is 138 Å². The van der Waals surface area contributed by atoms with Crippen LogP contribution in [-0.4, -0.2) is 62.8 Å². The van der Waals surface area contributed by atoms with E-state index in [0.29, 0.717) is 5.92 Å². The Bertz CT molecular complexity index is 277. The minimum absolute atomic E-state index is 0. The van der Waals surface area contributed by atoms with Crippen LogP contribution in [0.15, 0.2) is 17.6 Å². The van der Waals surface area contributed by atoms with Gasteiger partial charge in [0.2, 0.25) is 0 Å². The fourth-order valence-corrected chi connectivity index (χ4v) is 2.71. The van der Waals surface area contributed by atoms with Crippen molar-refractivity contribution in [2.75, 3.05) is 51.9 Å². The quantitative estimate of drug-likeness (QED) is 0.234. The Hall–Kier alpha value is 0.0500. The third kappa shape index (κ3) is 7.41. The van der Waals surface area contributed by atoms with Gasteiger partial charge in [0.1, 0.15) is 0 Å². The van der Waals surface area contributed by atoms with Crippen LogP contribution in [0, 0.1) is 5.92 Å². The zero-order valence-corrected chi connectivity index (χ0v) is 15.1. The maximum absolute atomic E-state index is 5.21. The van der Waals surface area contributed by atoms with Crippen molar-refractivity contribution >= 4 is 41.7 Å². The summed E-state index contributed by atoms with van der Waals surface area (Å²) in [5.74, 6) is 3.76. The first-order chi connectivity index (χ1) is 8.81. The number of nitrogens with zero attached hydrogens (tertiary/aromatic N) is 2. The average molecular weight is 399 g/mol. The van der Waals surface area contributed by atoms with Crippen molar-refractivity contribution in [3.8, 4) is 0 Å². The first-order valence-electron chi connectivity index (χ1n) is 6.45. The summed E-state index contributed by atoms with van der Waals surface area (Å²) in [4.78, 5) is 6.66. The smallest absolute Gasteiger partial charge is 0.193 e. The van der Waals surface area contributed by atoms with Gasteiger partial charge >= 0.3 is 0 Å². The lowest BCUT2D eigenvalue weighted by Gasteiger charge is -2.21. The van der Waals surface area contributed by atoms with Crippen LogP contribution in [0.4, 0.5) is 0 Å². The maximum atomic E-state index is 5.21. The van der Waals surface area contributed by atoms with Crippen molar-refractivity contribution in [2.45, 2.75) is 6.42 Å². The molecular weight excluding hydrogens is 373 g/mol. The SMILES string of the molecule is C=CCSCCNC(=NC)N1CCC(COC)C1.I. The summed E-state index contributed by atoms with van der Waals surface area (Å²) in [6, 6.07) is 0. The van der Waals surface area contributed by atoms with Crippen molar-refractivity contribution in [1.82, 2.24) is 10.2 Å². The number of nitrogens with one attached hydrogen (secondary N) is 1. The molecule has 0 aromatic rings. The molecule has 1 fully saturated rings. The van der Waals surface area contributed by atoms with Crippen LogP contribution in [0.25, 0.3) is 0 Å². The molecule has 112 valence electrons. The standard InChI is InChI=1S/C13H25N3OS.HI/c1-4-8-18-9-6-15-13(14-2)16-7-5-12(10-16)11-17-3;/h4,12H,1,5-11H2,2-3H3,(H,14,15);1H. The summed E-state index contributed by atoms with van der Waals surface area (Å²) in [6.07, 6.45) is 3.13. The summed E-state index contributed by atoms with van der Waals surface area (Å²) in [5, 5.41) is 3.41. The fraction of sp³-hybridized carbons (Fsp3) is 0.769. The maximum Gasteiger partial charge on any atom is 0.193 e. The molecule has 1 atom stereocenters. The highest BCUT2D eigenvalue weighted by molar-refractivity contribution is 14.0. The molecule has 1 unspecified atom stereocenters. The second-order valence-electron chi connectivity index (χ2n) is 4.39.